The average molecular weight is 388 g/mol. The molecule has 140 valence electrons. The number of thiazole rings is 1. The first-order chi connectivity index (χ1) is 13.5. The molecule has 2 aromatic heterocycles. The number of anilines is 1. The van der Waals surface area contributed by atoms with Crippen LogP contribution in [0.5, 0.6) is 0 Å². The van der Waals surface area contributed by atoms with E-state index in [-0.39, 0.29) is 5.91 Å². The lowest BCUT2D eigenvalue weighted by molar-refractivity contribution is -0.111. The molecular weight excluding hydrogens is 368 g/mol. The number of hydrogen-bond acceptors (Lipinski definition) is 4. The highest BCUT2D eigenvalue weighted by Gasteiger charge is 2.07. The van der Waals surface area contributed by atoms with Gasteiger partial charge in [-0.25, -0.2) is 4.98 Å². The molecule has 0 radical (unpaired) electrons. The molecular formula is C23H20N2O2S. The van der Waals surface area contributed by atoms with Gasteiger partial charge in [-0.15, -0.1) is 11.3 Å². The van der Waals surface area contributed by atoms with Crippen LogP contribution in [0.1, 0.15) is 27.3 Å². The molecule has 4 rings (SSSR count). The van der Waals surface area contributed by atoms with E-state index in [1.807, 2.05) is 31.3 Å². The number of nitrogens with zero attached hydrogens (tertiary/aromatic N) is 1. The van der Waals surface area contributed by atoms with Crippen LogP contribution in [0.15, 0.2) is 65.2 Å². The molecule has 1 amide bonds. The predicted molar refractivity (Wildman–Crippen MR) is 115 cm³/mol. The van der Waals surface area contributed by atoms with E-state index in [4.69, 9.17) is 4.42 Å². The minimum absolute atomic E-state index is 0.229. The third kappa shape index (κ3) is 4.38. The van der Waals surface area contributed by atoms with E-state index in [0.29, 0.717) is 10.9 Å². The Labute approximate surface area is 167 Å². The van der Waals surface area contributed by atoms with Gasteiger partial charge in [0, 0.05) is 29.0 Å². The first-order valence-electron chi connectivity index (χ1n) is 9.05. The molecule has 0 saturated carbocycles. The Kier molecular flexibility index (Phi) is 5.08. The van der Waals surface area contributed by atoms with Crippen molar-refractivity contribution in [2.45, 2.75) is 20.3 Å². The fraction of sp³-hybridized carbons (Fsp3) is 0.130. The van der Waals surface area contributed by atoms with E-state index >= 15 is 0 Å². The molecule has 0 aliphatic carbocycles. The Morgan fingerprint density at radius 3 is 2.86 bits per heavy atom. The highest BCUT2D eigenvalue weighted by molar-refractivity contribution is 7.15. The van der Waals surface area contributed by atoms with Gasteiger partial charge in [0.1, 0.15) is 11.3 Å². The summed E-state index contributed by atoms with van der Waals surface area (Å²) in [6.45, 7) is 4.12. The van der Waals surface area contributed by atoms with Crippen LogP contribution in [0.25, 0.3) is 17.0 Å². The maximum Gasteiger partial charge on any atom is 0.250 e. The number of rotatable bonds is 5. The highest BCUT2D eigenvalue weighted by atomic mass is 32.1. The Morgan fingerprint density at radius 1 is 1.14 bits per heavy atom. The summed E-state index contributed by atoms with van der Waals surface area (Å²) >= 11 is 1.49. The maximum atomic E-state index is 12.2. The zero-order valence-corrected chi connectivity index (χ0v) is 16.5. The summed E-state index contributed by atoms with van der Waals surface area (Å²) in [5, 5.41) is 4.44. The van der Waals surface area contributed by atoms with E-state index in [1.165, 1.54) is 34.1 Å². The zero-order valence-electron chi connectivity index (χ0n) is 15.7. The molecule has 0 spiro atoms. The van der Waals surface area contributed by atoms with Gasteiger partial charge in [0.15, 0.2) is 5.13 Å². The van der Waals surface area contributed by atoms with Crippen molar-refractivity contribution in [2.24, 2.45) is 0 Å². The molecule has 0 aliphatic rings. The molecule has 28 heavy (non-hydrogen) atoms. The van der Waals surface area contributed by atoms with Crippen LogP contribution in [0.3, 0.4) is 0 Å². The van der Waals surface area contributed by atoms with Crippen molar-refractivity contribution in [1.82, 2.24) is 4.98 Å². The van der Waals surface area contributed by atoms with Gasteiger partial charge >= 0.3 is 0 Å². The summed E-state index contributed by atoms with van der Waals surface area (Å²) in [5.74, 6) is 0.420. The molecule has 5 heteroatoms. The Morgan fingerprint density at radius 2 is 2.00 bits per heavy atom. The number of hydrogen-bond donors (Lipinski definition) is 1. The average Bonchev–Trinajstić information content (AvgIpc) is 3.26. The molecule has 0 aliphatic heterocycles. The van der Waals surface area contributed by atoms with Gasteiger partial charge in [-0.05, 0) is 43.7 Å². The number of carbonyl (C=O) groups is 1. The van der Waals surface area contributed by atoms with Crippen LogP contribution in [0, 0.1) is 13.8 Å². The van der Waals surface area contributed by atoms with Crippen molar-refractivity contribution in [2.75, 3.05) is 5.32 Å². The summed E-state index contributed by atoms with van der Waals surface area (Å²) < 4.78 is 5.72. The zero-order chi connectivity index (χ0) is 19.5. The predicted octanol–water partition coefficient (Wildman–Crippen LogP) is 5.75. The van der Waals surface area contributed by atoms with Crippen molar-refractivity contribution in [1.29, 1.82) is 0 Å². The molecule has 2 heterocycles. The lowest BCUT2D eigenvalue weighted by Gasteiger charge is -1.99. The molecule has 4 nitrogen and oxygen atoms in total. The van der Waals surface area contributed by atoms with Crippen molar-refractivity contribution >= 4 is 39.4 Å². The lowest BCUT2D eigenvalue weighted by Crippen LogP contribution is -2.06. The first kappa shape index (κ1) is 18.2. The Balaban J connectivity index is 1.39. The second kappa shape index (κ2) is 7.82. The largest absolute Gasteiger partial charge is 0.457 e. The highest BCUT2D eigenvalue weighted by Crippen LogP contribution is 2.23. The third-order valence-electron chi connectivity index (χ3n) is 4.33. The number of nitrogens with one attached hydrogen (secondary N) is 1. The molecule has 2 aromatic carbocycles. The molecule has 0 unspecified atom stereocenters. The molecule has 0 fully saturated rings. The van der Waals surface area contributed by atoms with Crippen LogP contribution in [0.2, 0.25) is 0 Å². The van der Waals surface area contributed by atoms with Crippen LogP contribution in [-0.2, 0) is 11.2 Å². The monoisotopic (exact) mass is 388 g/mol. The Hall–Kier alpha value is -3.18. The van der Waals surface area contributed by atoms with Gasteiger partial charge in [0.25, 0.3) is 0 Å². The number of carbonyl (C=O) groups excluding carboxylic acids is 1. The van der Waals surface area contributed by atoms with E-state index < -0.39 is 0 Å². The fourth-order valence-electron chi connectivity index (χ4n) is 3.04. The quantitative estimate of drug-likeness (QED) is 0.443. The van der Waals surface area contributed by atoms with E-state index in [2.05, 4.69) is 47.6 Å². The second-order valence-electron chi connectivity index (χ2n) is 6.81. The standard InChI is InChI=1S/C23H20N2O2S/c1-15-4-3-5-17(10-15)12-20-14-24-23(28-20)25-22(26)9-7-19-13-18-11-16(2)6-8-21(18)27-19/h3-11,13-14H,12H2,1-2H3,(H,24,25,26). The van der Waals surface area contributed by atoms with Crippen LogP contribution < -0.4 is 5.32 Å². The summed E-state index contributed by atoms with van der Waals surface area (Å²) in [7, 11) is 0. The lowest BCUT2D eigenvalue weighted by atomic mass is 10.1. The minimum Gasteiger partial charge on any atom is -0.457 e. The van der Waals surface area contributed by atoms with Crippen molar-refractivity contribution < 1.29 is 9.21 Å². The van der Waals surface area contributed by atoms with E-state index in [0.717, 1.165) is 22.3 Å². The molecule has 0 saturated heterocycles. The van der Waals surface area contributed by atoms with E-state index in [1.54, 1.807) is 6.08 Å². The third-order valence-corrected chi connectivity index (χ3v) is 5.25. The topological polar surface area (TPSA) is 55.1 Å². The van der Waals surface area contributed by atoms with Gasteiger partial charge in [-0.2, -0.15) is 0 Å². The van der Waals surface area contributed by atoms with Crippen molar-refractivity contribution in [3.05, 3.63) is 88.1 Å². The van der Waals surface area contributed by atoms with Gasteiger partial charge in [-0.3, -0.25) is 10.1 Å². The summed E-state index contributed by atoms with van der Waals surface area (Å²) in [6, 6.07) is 16.3. The minimum atomic E-state index is -0.229. The first-order valence-corrected chi connectivity index (χ1v) is 9.86. The second-order valence-corrected chi connectivity index (χ2v) is 7.93. The van der Waals surface area contributed by atoms with Gasteiger partial charge in [0.2, 0.25) is 5.91 Å². The number of fused-ring (bicyclic) bond motifs is 1. The maximum absolute atomic E-state index is 12.2. The number of aromatic nitrogens is 1. The van der Waals surface area contributed by atoms with Crippen molar-refractivity contribution in [3.8, 4) is 0 Å². The summed E-state index contributed by atoms with van der Waals surface area (Å²) in [4.78, 5) is 17.6. The van der Waals surface area contributed by atoms with Crippen LogP contribution in [-0.4, -0.2) is 10.9 Å². The van der Waals surface area contributed by atoms with Crippen LogP contribution >= 0.6 is 11.3 Å². The smallest absolute Gasteiger partial charge is 0.250 e. The number of benzene rings is 2. The Bertz CT molecular complexity index is 1170. The van der Waals surface area contributed by atoms with Crippen molar-refractivity contribution in [3.63, 3.8) is 0 Å². The summed E-state index contributed by atoms with van der Waals surface area (Å²) in [5.41, 5.74) is 4.46. The van der Waals surface area contributed by atoms with E-state index in [9.17, 15) is 4.79 Å². The molecule has 1 N–H and O–H groups in total. The SMILES string of the molecule is Cc1cccc(Cc2cnc(NC(=O)C=Cc3cc4cc(C)ccc4o3)s2)c1. The number of furan rings is 1. The van der Waals surface area contributed by atoms with Crippen LogP contribution in [0.4, 0.5) is 5.13 Å². The van der Waals surface area contributed by atoms with Gasteiger partial charge in [0.05, 0.1) is 0 Å². The molecule has 0 atom stereocenters. The molecule has 4 aromatic rings. The van der Waals surface area contributed by atoms with Gasteiger partial charge < -0.3 is 4.42 Å². The normalized spacial score (nSPS) is 11.4. The van der Waals surface area contributed by atoms with Gasteiger partial charge in [-0.1, -0.05) is 41.5 Å². The fourth-order valence-corrected chi connectivity index (χ4v) is 3.89. The summed E-state index contributed by atoms with van der Waals surface area (Å²) in [6.07, 6.45) is 5.76. The number of aryl methyl sites for hydroxylation is 2. The number of amides is 1. The molecule has 0 bridgehead atoms.